The number of halogens is 2. The van der Waals surface area contributed by atoms with Crippen molar-refractivity contribution < 1.29 is 18.7 Å². The van der Waals surface area contributed by atoms with Gasteiger partial charge in [-0.15, -0.1) is 0 Å². The van der Waals surface area contributed by atoms with E-state index in [1.54, 1.807) is 36.4 Å². The minimum atomic E-state index is -0.289. The topological polar surface area (TPSA) is 58.6 Å². The van der Waals surface area contributed by atoms with E-state index in [4.69, 9.17) is 16.3 Å². The molecule has 0 aliphatic carbocycles. The van der Waals surface area contributed by atoms with Gasteiger partial charge in [0.2, 0.25) is 11.8 Å². The van der Waals surface area contributed by atoms with Crippen LogP contribution in [-0.2, 0) is 16.0 Å². The molecule has 0 aromatic heterocycles. The third-order valence-corrected chi connectivity index (χ3v) is 4.28. The first-order valence-electron chi connectivity index (χ1n) is 8.54. The van der Waals surface area contributed by atoms with Crippen LogP contribution in [-0.4, -0.2) is 32.0 Å². The maximum Gasteiger partial charge on any atom is 0.223 e. The van der Waals surface area contributed by atoms with Gasteiger partial charge in [-0.25, -0.2) is 4.39 Å². The zero-order valence-electron chi connectivity index (χ0n) is 15.3. The summed E-state index contributed by atoms with van der Waals surface area (Å²) in [5, 5.41) is 3.21. The van der Waals surface area contributed by atoms with E-state index >= 15 is 0 Å². The number of rotatable bonds is 8. The summed E-state index contributed by atoms with van der Waals surface area (Å²) in [4.78, 5) is 25.6. The second kappa shape index (κ2) is 9.92. The van der Waals surface area contributed by atoms with Crippen molar-refractivity contribution in [2.45, 2.75) is 19.8 Å². The highest BCUT2D eigenvalue weighted by molar-refractivity contribution is 6.31. The van der Waals surface area contributed by atoms with Crippen molar-refractivity contribution in [3.63, 3.8) is 0 Å². The lowest BCUT2D eigenvalue weighted by Gasteiger charge is -2.23. The Morgan fingerprint density at radius 1 is 1.22 bits per heavy atom. The number of ether oxygens (including phenoxy) is 1. The number of nitrogens with zero attached hydrogens (tertiary/aromatic N) is 1. The number of methoxy groups -OCH3 is 1. The molecule has 1 N–H and O–H groups in total. The molecule has 0 saturated carbocycles. The third kappa shape index (κ3) is 5.96. The highest BCUT2D eigenvalue weighted by Gasteiger charge is 2.18. The van der Waals surface area contributed by atoms with Gasteiger partial charge in [-0.1, -0.05) is 29.8 Å². The minimum Gasteiger partial charge on any atom is -0.495 e. The molecule has 0 saturated heterocycles. The molecule has 0 radical (unpaired) electrons. The maximum absolute atomic E-state index is 13.6. The maximum atomic E-state index is 13.6. The molecule has 2 amide bonds. The van der Waals surface area contributed by atoms with Crippen molar-refractivity contribution in [1.82, 2.24) is 5.32 Å². The number of amides is 2. The molecule has 0 aliphatic rings. The van der Waals surface area contributed by atoms with Gasteiger partial charge in [0.1, 0.15) is 11.6 Å². The summed E-state index contributed by atoms with van der Waals surface area (Å²) in [5.41, 5.74) is 1.06. The molecule has 7 heteroatoms. The average molecular weight is 393 g/mol. The Morgan fingerprint density at radius 2 is 1.96 bits per heavy atom. The van der Waals surface area contributed by atoms with Crippen molar-refractivity contribution >= 4 is 29.1 Å². The number of hydrogen-bond acceptors (Lipinski definition) is 3. The fraction of sp³-hybridized carbons (Fsp3) is 0.300. The van der Waals surface area contributed by atoms with Crippen molar-refractivity contribution in [1.29, 1.82) is 0 Å². The lowest BCUT2D eigenvalue weighted by Crippen LogP contribution is -2.34. The molecule has 0 fully saturated rings. The average Bonchev–Trinajstić information content (AvgIpc) is 2.63. The van der Waals surface area contributed by atoms with Gasteiger partial charge in [0.15, 0.2) is 0 Å². The second-order valence-corrected chi connectivity index (χ2v) is 6.36. The van der Waals surface area contributed by atoms with E-state index in [-0.39, 0.29) is 30.6 Å². The lowest BCUT2D eigenvalue weighted by atomic mass is 10.1. The molecule has 2 aromatic rings. The highest BCUT2D eigenvalue weighted by Crippen LogP contribution is 2.31. The van der Waals surface area contributed by atoms with E-state index in [0.717, 1.165) is 0 Å². The van der Waals surface area contributed by atoms with Gasteiger partial charge in [0.25, 0.3) is 0 Å². The molecular formula is C20H22ClFN2O3. The quantitative estimate of drug-likeness (QED) is 0.746. The number of carbonyl (C=O) groups is 2. The molecule has 0 unspecified atom stereocenters. The van der Waals surface area contributed by atoms with Gasteiger partial charge >= 0.3 is 0 Å². The smallest absolute Gasteiger partial charge is 0.223 e. The highest BCUT2D eigenvalue weighted by atomic mass is 35.5. The Balaban J connectivity index is 1.92. The van der Waals surface area contributed by atoms with Crippen molar-refractivity contribution in [3.05, 3.63) is 58.9 Å². The second-order valence-electron chi connectivity index (χ2n) is 5.93. The van der Waals surface area contributed by atoms with Crippen LogP contribution in [0.1, 0.15) is 18.9 Å². The largest absolute Gasteiger partial charge is 0.495 e. The lowest BCUT2D eigenvalue weighted by molar-refractivity contribution is -0.121. The molecule has 2 aromatic carbocycles. The van der Waals surface area contributed by atoms with E-state index in [1.165, 1.54) is 25.0 Å². The fourth-order valence-corrected chi connectivity index (χ4v) is 2.83. The van der Waals surface area contributed by atoms with Crippen LogP contribution >= 0.6 is 11.6 Å². The monoisotopic (exact) mass is 392 g/mol. The van der Waals surface area contributed by atoms with Gasteiger partial charge in [0.05, 0.1) is 12.8 Å². The van der Waals surface area contributed by atoms with Gasteiger partial charge in [-0.3, -0.25) is 9.59 Å². The zero-order chi connectivity index (χ0) is 19.8. The van der Waals surface area contributed by atoms with E-state index in [9.17, 15) is 14.0 Å². The molecule has 2 rings (SSSR count). The molecule has 5 nitrogen and oxygen atoms in total. The van der Waals surface area contributed by atoms with Crippen LogP contribution in [0.15, 0.2) is 42.5 Å². The zero-order valence-corrected chi connectivity index (χ0v) is 16.1. The van der Waals surface area contributed by atoms with Crippen LogP contribution in [0, 0.1) is 5.82 Å². The fourth-order valence-electron chi connectivity index (χ4n) is 2.66. The SMILES string of the molecule is COc1ccc(Cl)cc1N(CCC(=O)NCCc1ccccc1F)C(C)=O. The molecule has 0 heterocycles. The molecule has 0 bridgehead atoms. The summed E-state index contributed by atoms with van der Waals surface area (Å²) in [6.45, 7) is 1.91. The van der Waals surface area contributed by atoms with E-state index in [0.29, 0.717) is 35.0 Å². The van der Waals surface area contributed by atoms with Crippen molar-refractivity contribution in [2.75, 3.05) is 25.1 Å². The van der Waals surface area contributed by atoms with Crippen LogP contribution in [0.5, 0.6) is 5.75 Å². The number of nitrogens with one attached hydrogen (secondary N) is 1. The van der Waals surface area contributed by atoms with Gasteiger partial charge < -0.3 is 15.0 Å². The normalized spacial score (nSPS) is 10.4. The first kappa shape index (κ1) is 20.7. The Labute approximate surface area is 163 Å². The summed E-state index contributed by atoms with van der Waals surface area (Å²) >= 11 is 6.02. The van der Waals surface area contributed by atoms with Gasteiger partial charge in [-0.05, 0) is 36.2 Å². The van der Waals surface area contributed by atoms with Crippen LogP contribution < -0.4 is 15.0 Å². The summed E-state index contributed by atoms with van der Waals surface area (Å²) in [7, 11) is 1.50. The Hall–Kier alpha value is -2.60. The van der Waals surface area contributed by atoms with Gasteiger partial charge in [-0.2, -0.15) is 0 Å². The molecule has 0 spiro atoms. The summed E-state index contributed by atoms with van der Waals surface area (Å²) in [6, 6.07) is 11.4. The number of carbonyl (C=O) groups excluding carboxylic acids is 2. The molecular weight excluding hydrogens is 371 g/mol. The predicted octanol–water partition coefficient (Wildman–Crippen LogP) is 3.59. The van der Waals surface area contributed by atoms with Gasteiger partial charge in [0, 0.05) is 31.5 Å². The number of anilines is 1. The predicted molar refractivity (Wildman–Crippen MR) is 104 cm³/mol. The van der Waals surface area contributed by atoms with Crippen molar-refractivity contribution in [2.24, 2.45) is 0 Å². The molecule has 27 heavy (non-hydrogen) atoms. The summed E-state index contributed by atoms with van der Waals surface area (Å²) < 4.78 is 18.8. The first-order chi connectivity index (χ1) is 12.9. The Kier molecular flexibility index (Phi) is 7.61. The van der Waals surface area contributed by atoms with Crippen LogP contribution in [0.4, 0.5) is 10.1 Å². The number of benzene rings is 2. The van der Waals surface area contributed by atoms with Crippen LogP contribution in [0.2, 0.25) is 5.02 Å². The van der Waals surface area contributed by atoms with Crippen LogP contribution in [0.3, 0.4) is 0 Å². The Bertz CT molecular complexity index is 814. The van der Waals surface area contributed by atoms with E-state index in [1.807, 2.05) is 0 Å². The first-order valence-corrected chi connectivity index (χ1v) is 8.92. The standard InChI is InChI=1S/C20H22ClFN2O3/c1-14(25)24(18-13-16(21)7-8-19(18)27-2)12-10-20(26)23-11-9-15-5-3-4-6-17(15)22/h3-8,13H,9-12H2,1-2H3,(H,23,26). The molecule has 0 aliphatic heterocycles. The third-order valence-electron chi connectivity index (χ3n) is 4.05. The molecule has 144 valence electrons. The number of hydrogen-bond donors (Lipinski definition) is 1. The summed E-state index contributed by atoms with van der Waals surface area (Å²) in [6.07, 6.45) is 0.503. The minimum absolute atomic E-state index is 0.104. The van der Waals surface area contributed by atoms with Crippen LogP contribution in [0.25, 0.3) is 0 Å². The van der Waals surface area contributed by atoms with E-state index < -0.39 is 0 Å². The van der Waals surface area contributed by atoms with E-state index in [2.05, 4.69) is 5.32 Å². The van der Waals surface area contributed by atoms with Crippen molar-refractivity contribution in [3.8, 4) is 5.75 Å². The Morgan fingerprint density at radius 3 is 2.63 bits per heavy atom. The summed E-state index contributed by atoms with van der Waals surface area (Å²) in [5.74, 6) is -0.245. The molecule has 0 atom stereocenters.